The number of carbonyl (C=O) groups is 2. The van der Waals surface area contributed by atoms with Crippen LogP contribution < -0.4 is 20.1 Å². The molecule has 0 spiro atoms. The van der Waals surface area contributed by atoms with E-state index in [2.05, 4.69) is 34.4 Å². The monoisotopic (exact) mass is 516 g/mol. The van der Waals surface area contributed by atoms with E-state index in [1.165, 1.54) is 0 Å². The van der Waals surface area contributed by atoms with Crippen LogP contribution >= 0.6 is 11.8 Å². The first-order valence-electron chi connectivity index (χ1n) is 12.1. The summed E-state index contributed by atoms with van der Waals surface area (Å²) in [6, 6.07) is 21.5. The van der Waals surface area contributed by atoms with Gasteiger partial charge in [0.1, 0.15) is 23.1 Å². The first-order valence-corrected chi connectivity index (χ1v) is 13.0. The number of rotatable bonds is 9. The van der Waals surface area contributed by atoms with E-state index in [-0.39, 0.29) is 22.5 Å². The lowest BCUT2D eigenvalue weighted by atomic mass is 10.1. The zero-order valence-electron chi connectivity index (χ0n) is 20.8. The Labute approximate surface area is 219 Å². The minimum Gasteiger partial charge on any atom is -0.483 e. The highest BCUT2D eigenvalue weighted by atomic mass is 32.2. The number of amides is 2. The molecule has 2 heterocycles. The second kappa shape index (κ2) is 10.6. The molecule has 2 atom stereocenters. The van der Waals surface area contributed by atoms with Crippen LogP contribution in [0.4, 0.5) is 10.5 Å². The molecule has 3 N–H and O–H groups in total. The number of anilines is 1. The second-order valence-corrected chi connectivity index (χ2v) is 10.4. The Kier molecular flexibility index (Phi) is 7.05. The number of hydrogen-bond acceptors (Lipinski definition) is 7. The average molecular weight is 517 g/mol. The highest BCUT2D eigenvalue weighted by molar-refractivity contribution is 8.15. The fourth-order valence-corrected chi connectivity index (χ4v) is 4.92. The van der Waals surface area contributed by atoms with Crippen molar-refractivity contribution in [1.82, 2.24) is 15.3 Å². The molecule has 3 aromatic carbocycles. The lowest BCUT2D eigenvalue weighted by Crippen LogP contribution is -2.25. The van der Waals surface area contributed by atoms with Crippen LogP contribution in [-0.4, -0.2) is 32.4 Å². The Hall–Kier alpha value is -3.98. The van der Waals surface area contributed by atoms with Crippen LogP contribution in [0.1, 0.15) is 38.3 Å². The van der Waals surface area contributed by atoms with E-state index in [1.807, 2.05) is 73.7 Å². The number of nitrogens with one attached hydrogen (secondary N) is 3. The summed E-state index contributed by atoms with van der Waals surface area (Å²) >= 11 is 1.03. The van der Waals surface area contributed by atoms with Gasteiger partial charge in [-0.25, -0.2) is 4.98 Å². The summed E-state index contributed by atoms with van der Waals surface area (Å²) in [6.45, 7) is 6.13. The lowest BCUT2D eigenvalue weighted by Gasteiger charge is -2.13. The van der Waals surface area contributed by atoms with Crippen LogP contribution in [0.15, 0.2) is 66.7 Å². The topological polar surface area (TPSA) is 105 Å². The van der Waals surface area contributed by atoms with Crippen LogP contribution in [0.25, 0.3) is 11.0 Å². The minimum atomic E-state index is -0.385. The highest BCUT2D eigenvalue weighted by Crippen LogP contribution is 2.29. The van der Waals surface area contributed by atoms with Crippen molar-refractivity contribution in [2.45, 2.75) is 44.6 Å². The maximum absolute atomic E-state index is 11.8. The van der Waals surface area contributed by atoms with E-state index < -0.39 is 0 Å². The molecule has 2 amide bonds. The van der Waals surface area contributed by atoms with E-state index in [0.717, 1.165) is 39.8 Å². The number of thioether (sulfide) groups is 1. The molecule has 0 radical (unpaired) electrons. The number of nitrogens with zero attached hydrogens (tertiary/aromatic N) is 1. The summed E-state index contributed by atoms with van der Waals surface area (Å²) in [4.78, 5) is 31.2. The van der Waals surface area contributed by atoms with Gasteiger partial charge in [-0.05, 0) is 81.3 Å². The van der Waals surface area contributed by atoms with Gasteiger partial charge in [0.15, 0.2) is 6.10 Å². The van der Waals surface area contributed by atoms with Crippen molar-refractivity contribution in [3.63, 3.8) is 0 Å². The maximum atomic E-state index is 11.8. The van der Waals surface area contributed by atoms with E-state index in [0.29, 0.717) is 29.8 Å². The number of carbonyl (C=O) groups excluding carboxylic acids is 2. The van der Waals surface area contributed by atoms with Crippen LogP contribution in [0, 0.1) is 0 Å². The molecule has 0 bridgehead atoms. The number of fused-ring (bicyclic) bond motifs is 1. The van der Waals surface area contributed by atoms with Crippen LogP contribution in [-0.2, 0) is 11.2 Å². The van der Waals surface area contributed by atoms with Gasteiger partial charge < -0.3 is 19.8 Å². The molecule has 190 valence electrons. The van der Waals surface area contributed by atoms with E-state index in [4.69, 9.17) is 9.47 Å². The number of imide groups is 1. The molecule has 0 saturated carbocycles. The Balaban J connectivity index is 1.21. The van der Waals surface area contributed by atoms with Gasteiger partial charge in [-0.15, -0.1) is 0 Å². The first-order chi connectivity index (χ1) is 17.8. The van der Waals surface area contributed by atoms with E-state index in [1.54, 1.807) is 0 Å². The van der Waals surface area contributed by atoms with E-state index in [9.17, 15) is 9.59 Å². The summed E-state index contributed by atoms with van der Waals surface area (Å²) < 4.78 is 12.1. The molecule has 37 heavy (non-hydrogen) atoms. The Bertz CT molecular complexity index is 1420. The van der Waals surface area contributed by atoms with Gasteiger partial charge in [-0.1, -0.05) is 23.9 Å². The quantitative estimate of drug-likeness (QED) is 0.243. The summed E-state index contributed by atoms with van der Waals surface area (Å²) in [5, 5.41) is 5.00. The largest absolute Gasteiger partial charge is 0.483 e. The molecular formula is C28H28N4O4S. The van der Waals surface area contributed by atoms with Crippen molar-refractivity contribution >= 4 is 39.6 Å². The average Bonchev–Trinajstić information content (AvgIpc) is 3.43. The van der Waals surface area contributed by atoms with Crippen molar-refractivity contribution < 1.29 is 19.1 Å². The molecule has 5 rings (SSSR count). The molecule has 8 nitrogen and oxygen atoms in total. The molecule has 1 aliphatic heterocycles. The van der Waals surface area contributed by atoms with Crippen molar-refractivity contribution in [2.24, 2.45) is 0 Å². The molecule has 2 unspecified atom stereocenters. The van der Waals surface area contributed by atoms with E-state index >= 15 is 0 Å². The maximum Gasteiger partial charge on any atom is 0.286 e. The summed E-state index contributed by atoms with van der Waals surface area (Å²) in [7, 11) is 0. The van der Waals surface area contributed by atoms with Crippen molar-refractivity contribution in [3.8, 4) is 17.2 Å². The Morgan fingerprint density at radius 2 is 1.65 bits per heavy atom. The number of aromatic amines is 1. The number of ether oxygens (including phenoxy) is 2. The number of hydrogen-bond donors (Lipinski definition) is 3. The molecule has 1 saturated heterocycles. The van der Waals surface area contributed by atoms with Gasteiger partial charge in [0.05, 0.1) is 16.3 Å². The minimum absolute atomic E-state index is 0.237. The normalized spacial score (nSPS) is 16.2. The Morgan fingerprint density at radius 3 is 2.32 bits per heavy atom. The SMILES string of the molecule is CC(C)Nc1ccc(Oc2ccc3nc(C(C)Oc4ccc(CC5SC(=O)NC5=O)cc4)[nH]c3c2)cc1. The fraction of sp³-hybridized carbons (Fsp3) is 0.250. The van der Waals surface area contributed by atoms with Gasteiger partial charge in [0.25, 0.3) is 5.24 Å². The highest BCUT2D eigenvalue weighted by Gasteiger charge is 2.31. The second-order valence-electron chi connectivity index (χ2n) is 9.22. The van der Waals surface area contributed by atoms with Crippen LogP contribution in [0.3, 0.4) is 0 Å². The predicted octanol–water partition coefficient (Wildman–Crippen LogP) is 6.21. The zero-order chi connectivity index (χ0) is 25.9. The number of imidazole rings is 1. The van der Waals surface area contributed by atoms with Gasteiger partial charge in [0.2, 0.25) is 5.91 Å². The number of H-pyrrole nitrogens is 1. The zero-order valence-corrected chi connectivity index (χ0v) is 21.6. The van der Waals surface area contributed by atoms with Gasteiger partial charge >= 0.3 is 0 Å². The summed E-state index contributed by atoms with van der Waals surface area (Å²) in [6.07, 6.45) is 0.183. The molecule has 1 aliphatic rings. The smallest absolute Gasteiger partial charge is 0.286 e. The van der Waals surface area contributed by atoms with Gasteiger partial charge in [-0.2, -0.15) is 0 Å². The fourth-order valence-electron chi connectivity index (χ4n) is 4.06. The van der Waals surface area contributed by atoms with Crippen molar-refractivity contribution in [3.05, 3.63) is 78.1 Å². The summed E-state index contributed by atoms with van der Waals surface area (Å²) in [5.41, 5.74) is 3.70. The van der Waals surface area contributed by atoms with Crippen molar-refractivity contribution in [1.29, 1.82) is 0 Å². The van der Waals surface area contributed by atoms with Crippen molar-refractivity contribution in [2.75, 3.05) is 5.32 Å². The third-order valence-corrected chi connectivity index (χ3v) is 6.81. The Morgan fingerprint density at radius 1 is 0.946 bits per heavy atom. The molecule has 1 aromatic heterocycles. The number of benzene rings is 3. The molecular weight excluding hydrogens is 488 g/mol. The molecule has 4 aromatic rings. The molecule has 0 aliphatic carbocycles. The van der Waals surface area contributed by atoms with Crippen LogP contribution in [0.2, 0.25) is 0 Å². The molecule has 9 heteroatoms. The third kappa shape index (κ3) is 6.06. The standard InChI is InChI=1S/C28H28N4O4S/c1-16(2)29-19-6-10-21(11-7-19)36-22-12-13-23-24(15-22)31-26(30-23)17(3)35-20-8-4-18(5-9-20)14-25-27(33)32-28(34)37-25/h4-13,15-17,25,29H,14H2,1-3H3,(H,30,31)(H,32,33,34). The third-order valence-electron chi connectivity index (χ3n) is 5.83. The molecule has 1 fully saturated rings. The number of aromatic nitrogens is 2. The van der Waals surface area contributed by atoms with Crippen LogP contribution in [0.5, 0.6) is 17.2 Å². The predicted molar refractivity (Wildman–Crippen MR) is 145 cm³/mol. The van der Waals surface area contributed by atoms with Gasteiger partial charge in [-0.3, -0.25) is 14.9 Å². The summed E-state index contributed by atoms with van der Waals surface area (Å²) in [5.74, 6) is 2.63. The lowest BCUT2D eigenvalue weighted by molar-refractivity contribution is -0.118. The van der Waals surface area contributed by atoms with Gasteiger partial charge in [0, 0.05) is 17.8 Å². The first kappa shape index (κ1) is 24.7.